The topological polar surface area (TPSA) is 96.9 Å². The predicted molar refractivity (Wildman–Crippen MR) is 143 cm³/mol. The van der Waals surface area contributed by atoms with Crippen LogP contribution in [0.3, 0.4) is 0 Å². The minimum atomic E-state index is -0.103. The first-order valence-corrected chi connectivity index (χ1v) is 12.1. The molecule has 0 aliphatic carbocycles. The van der Waals surface area contributed by atoms with Crippen molar-refractivity contribution in [3.63, 3.8) is 0 Å². The van der Waals surface area contributed by atoms with Crippen molar-refractivity contribution in [2.45, 2.75) is 19.5 Å². The Hall–Kier alpha value is -4.61. The van der Waals surface area contributed by atoms with Gasteiger partial charge in [-0.15, -0.1) is 0 Å². The highest BCUT2D eigenvalue weighted by Gasteiger charge is 2.25. The summed E-state index contributed by atoms with van der Waals surface area (Å²) in [6, 6.07) is 21.8. The number of benzene rings is 2. The molecule has 37 heavy (non-hydrogen) atoms. The molecule has 0 bridgehead atoms. The number of amides is 1. The average molecular weight is 491 g/mol. The Morgan fingerprint density at radius 1 is 1.03 bits per heavy atom. The third-order valence-electron chi connectivity index (χ3n) is 6.78. The maximum atomic E-state index is 12.1. The van der Waals surface area contributed by atoms with Gasteiger partial charge in [0.15, 0.2) is 5.82 Å². The number of aromatic amines is 1. The number of rotatable bonds is 4. The molecule has 3 N–H and O–H groups in total. The number of hydrazone groups is 1. The lowest BCUT2D eigenvalue weighted by Crippen LogP contribution is -2.22. The van der Waals surface area contributed by atoms with Crippen LogP contribution in [0.2, 0.25) is 0 Å². The third kappa shape index (κ3) is 4.09. The molecular weight excluding hydrogens is 464 g/mol. The molecule has 8 nitrogen and oxygen atoms in total. The van der Waals surface area contributed by atoms with Crippen LogP contribution in [0.1, 0.15) is 39.3 Å². The van der Waals surface area contributed by atoms with Gasteiger partial charge >= 0.3 is 0 Å². The number of H-pyrrole nitrogens is 1. The molecule has 1 amide bonds. The summed E-state index contributed by atoms with van der Waals surface area (Å²) in [6.45, 7) is 1.71. The summed E-state index contributed by atoms with van der Waals surface area (Å²) < 4.78 is 0. The maximum Gasteiger partial charge on any atom is 0.261 e. The number of hydrogen-bond acceptors (Lipinski definition) is 6. The molecular formula is C29H26N6O2. The highest BCUT2D eigenvalue weighted by Crippen LogP contribution is 2.30. The normalized spacial score (nSPS) is 15.0. The van der Waals surface area contributed by atoms with Crippen LogP contribution in [0, 0.1) is 12.1 Å². The summed E-state index contributed by atoms with van der Waals surface area (Å²) in [5, 5.41) is 20.8. The Morgan fingerprint density at radius 2 is 1.76 bits per heavy atom. The summed E-state index contributed by atoms with van der Waals surface area (Å²) in [5.41, 5.74) is 8.90. The second-order valence-corrected chi connectivity index (χ2v) is 9.56. The molecule has 8 heteroatoms. The fourth-order valence-electron chi connectivity index (χ4n) is 4.82. The second-order valence-electron chi connectivity index (χ2n) is 9.56. The fraction of sp³-hybridized carbons (Fsp3) is 0.207. The molecule has 0 spiro atoms. The van der Waals surface area contributed by atoms with Gasteiger partial charge in [0.2, 0.25) is 0 Å². The van der Waals surface area contributed by atoms with E-state index in [4.69, 9.17) is 10.1 Å². The molecule has 0 saturated carbocycles. The Labute approximate surface area is 214 Å². The zero-order valence-electron chi connectivity index (χ0n) is 20.9. The van der Waals surface area contributed by atoms with Gasteiger partial charge in [0.1, 0.15) is 11.5 Å². The summed E-state index contributed by atoms with van der Waals surface area (Å²) in [5.74, 6) is 0.718. The van der Waals surface area contributed by atoms with E-state index in [0.29, 0.717) is 23.5 Å². The largest absolute Gasteiger partial charge is 0.510 e. The number of allylic oxidation sites excluding steroid dienone is 1. The molecule has 3 aromatic carbocycles. The van der Waals surface area contributed by atoms with Crippen LogP contribution in [0.5, 0.6) is 0 Å². The first-order chi connectivity index (χ1) is 17.9. The highest BCUT2D eigenvalue weighted by atomic mass is 16.3. The zero-order valence-corrected chi connectivity index (χ0v) is 20.9. The first-order valence-electron chi connectivity index (χ1n) is 12.1. The Kier molecular flexibility index (Phi) is 5.43. The molecule has 184 valence electrons. The van der Waals surface area contributed by atoms with Gasteiger partial charge in [-0.25, -0.2) is 4.98 Å². The van der Waals surface area contributed by atoms with Crippen molar-refractivity contribution in [3.8, 4) is 11.1 Å². The van der Waals surface area contributed by atoms with Crippen LogP contribution < -0.4 is 5.32 Å². The molecule has 0 atom stereocenters. The third-order valence-corrected chi connectivity index (χ3v) is 6.78. The molecule has 4 aromatic rings. The van der Waals surface area contributed by atoms with E-state index in [0.717, 1.165) is 46.5 Å². The molecule has 0 saturated heterocycles. The second kappa shape index (κ2) is 8.80. The number of nitrogens with one attached hydrogen (secondary N) is 2. The molecule has 2 aliphatic heterocycles. The van der Waals surface area contributed by atoms with Crippen LogP contribution in [0.4, 0.5) is 0 Å². The lowest BCUT2D eigenvalue weighted by Gasteiger charge is -2.24. The van der Waals surface area contributed by atoms with Gasteiger partial charge in [-0.05, 0) is 46.5 Å². The van der Waals surface area contributed by atoms with Crippen molar-refractivity contribution >= 4 is 28.3 Å². The van der Waals surface area contributed by atoms with Gasteiger partial charge in [0, 0.05) is 39.8 Å². The van der Waals surface area contributed by atoms with Crippen LogP contribution >= 0.6 is 0 Å². The first kappa shape index (κ1) is 22.8. The number of fused-ring (bicyclic) bond motifs is 2. The van der Waals surface area contributed by atoms with Gasteiger partial charge in [0.25, 0.3) is 5.91 Å². The zero-order chi connectivity index (χ0) is 25.7. The molecule has 3 heterocycles. The minimum absolute atomic E-state index is 0.103. The summed E-state index contributed by atoms with van der Waals surface area (Å²) in [4.78, 5) is 21.7. The number of aliphatic hydroxyl groups is 1. The lowest BCUT2D eigenvalue weighted by molar-refractivity contribution is 0.0827. The molecule has 0 fully saturated rings. The summed E-state index contributed by atoms with van der Waals surface area (Å²) in [7, 11) is 5.24. The van der Waals surface area contributed by atoms with Crippen molar-refractivity contribution in [2.24, 2.45) is 5.10 Å². The van der Waals surface area contributed by atoms with Gasteiger partial charge in [-0.2, -0.15) is 5.10 Å². The van der Waals surface area contributed by atoms with E-state index in [-0.39, 0.29) is 11.7 Å². The number of nitrogens with zero attached hydrogens (tertiary/aromatic N) is 4. The fourth-order valence-corrected chi connectivity index (χ4v) is 4.82. The number of aliphatic hydroxyl groups excluding tert-OH is 1. The lowest BCUT2D eigenvalue weighted by atomic mass is 10.00. The number of imidazole rings is 1. The summed E-state index contributed by atoms with van der Waals surface area (Å²) in [6.07, 6.45) is 0.303. The van der Waals surface area contributed by atoms with Crippen molar-refractivity contribution in [3.05, 3.63) is 94.5 Å². The Bertz CT molecular complexity index is 1540. The van der Waals surface area contributed by atoms with E-state index in [9.17, 15) is 9.90 Å². The summed E-state index contributed by atoms with van der Waals surface area (Å²) >= 11 is 0. The SMILES string of the molecule is CN(C)C(=O)c1c#cc(-c2ccc(C3=NN(C)C(c4nc5cc6c(cc5[nH]4)CNC6)=C(O)C3)cc2)cc1. The van der Waals surface area contributed by atoms with Crippen LogP contribution in [0.15, 0.2) is 59.4 Å². The van der Waals surface area contributed by atoms with Crippen molar-refractivity contribution in [1.29, 1.82) is 0 Å². The average Bonchev–Trinajstić information content (AvgIpc) is 3.52. The van der Waals surface area contributed by atoms with Crippen LogP contribution in [-0.4, -0.2) is 57.7 Å². The van der Waals surface area contributed by atoms with Crippen molar-refractivity contribution in [1.82, 2.24) is 25.2 Å². The molecule has 0 unspecified atom stereocenters. The monoisotopic (exact) mass is 490 g/mol. The van der Waals surface area contributed by atoms with Gasteiger partial charge in [0.05, 0.1) is 28.7 Å². The molecule has 1 aromatic heterocycles. The van der Waals surface area contributed by atoms with Gasteiger partial charge in [-0.1, -0.05) is 36.4 Å². The number of carbonyl (C=O) groups is 1. The smallest absolute Gasteiger partial charge is 0.261 e. The number of hydrogen-bond donors (Lipinski definition) is 3. The highest BCUT2D eigenvalue weighted by molar-refractivity contribution is 6.04. The Morgan fingerprint density at radius 3 is 2.43 bits per heavy atom. The predicted octanol–water partition coefficient (Wildman–Crippen LogP) is 4.10. The molecule has 6 rings (SSSR count). The minimum Gasteiger partial charge on any atom is -0.510 e. The molecule has 2 aliphatic rings. The van der Waals surface area contributed by atoms with E-state index < -0.39 is 0 Å². The maximum absolute atomic E-state index is 12.1. The van der Waals surface area contributed by atoms with Crippen molar-refractivity contribution in [2.75, 3.05) is 21.1 Å². The van der Waals surface area contributed by atoms with Crippen LogP contribution in [-0.2, 0) is 13.1 Å². The standard InChI is InChI=1S/C29H26N6O2/c1-34(2)29(37)20-10-6-18(7-11-20)17-4-8-19(9-5-17)23-14-26(36)27(35(3)33-23)28-31-24-12-21-15-30-16-22(21)13-25(24)32-28/h4-6,8-10,12-13,30,36H,14-16H2,1-3H3,(H,31,32). The van der Waals surface area contributed by atoms with Gasteiger partial charge < -0.3 is 20.3 Å². The van der Waals surface area contributed by atoms with E-state index in [1.54, 1.807) is 25.2 Å². The quantitative estimate of drug-likeness (QED) is 0.400. The number of carbonyl (C=O) groups excluding carboxylic acids is 1. The number of aromatic nitrogens is 2. The molecule has 0 radical (unpaired) electrons. The van der Waals surface area contributed by atoms with Crippen molar-refractivity contribution < 1.29 is 9.90 Å². The van der Waals surface area contributed by atoms with Crippen LogP contribution in [0.25, 0.3) is 27.9 Å². The van der Waals surface area contributed by atoms with E-state index >= 15 is 0 Å². The Balaban J connectivity index is 1.22. The van der Waals surface area contributed by atoms with E-state index in [1.807, 2.05) is 37.4 Å². The van der Waals surface area contributed by atoms with Gasteiger partial charge in [-0.3, -0.25) is 9.80 Å². The van der Waals surface area contributed by atoms with E-state index in [1.165, 1.54) is 16.0 Å². The van der Waals surface area contributed by atoms with E-state index in [2.05, 4.69) is 34.6 Å².